The lowest BCUT2D eigenvalue weighted by molar-refractivity contribution is -0.135. The molecule has 2 aromatic rings. The molecule has 0 saturated carbocycles. The van der Waals surface area contributed by atoms with Crippen LogP contribution in [0.25, 0.3) is 11.0 Å². The number of aliphatic carboxylic acids is 1. The number of alkyl halides is 3. The van der Waals surface area contributed by atoms with Crippen molar-refractivity contribution in [3.63, 3.8) is 0 Å². The molecule has 8 heteroatoms. The number of hydrogen-bond donors (Lipinski definition) is 2. The van der Waals surface area contributed by atoms with Gasteiger partial charge in [0.15, 0.2) is 11.4 Å². The van der Waals surface area contributed by atoms with Crippen molar-refractivity contribution in [3.8, 4) is 0 Å². The minimum absolute atomic E-state index is 0.0570. The van der Waals surface area contributed by atoms with Crippen molar-refractivity contribution >= 4 is 22.8 Å². The van der Waals surface area contributed by atoms with Crippen LogP contribution in [0.2, 0.25) is 0 Å². The predicted octanol–water partition coefficient (Wildman–Crippen LogP) is 2.43. The number of benzene rings is 1. The molecule has 2 N–H and O–H groups in total. The van der Waals surface area contributed by atoms with Crippen molar-refractivity contribution in [1.82, 2.24) is 5.16 Å². The standard InChI is InChI=1S/C11H9F3N2O3/c12-11(13,14)4-6-1-2-8-7(3-6)10(16-19-8)15-5-9(17)18/h1-3H,4-5H2,(H,15,16)(H,17,18). The van der Waals surface area contributed by atoms with Gasteiger partial charge >= 0.3 is 12.1 Å². The van der Waals surface area contributed by atoms with Crippen LogP contribution in [0, 0.1) is 0 Å². The summed E-state index contributed by atoms with van der Waals surface area (Å²) in [6, 6.07) is 3.95. The van der Waals surface area contributed by atoms with Gasteiger partial charge in [0.1, 0.15) is 6.54 Å². The third kappa shape index (κ3) is 3.36. The topological polar surface area (TPSA) is 75.4 Å². The van der Waals surface area contributed by atoms with Gasteiger partial charge in [-0.05, 0) is 17.7 Å². The third-order valence-electron chi connectivity index (χ3n) is 2.35. The largest absolute Gasteiger partial charge is 0.480 e. The van der Waals surface area contributed by atoms with Crippen LogP contribution in [-0.4, -0.2) is 29.0 Å². The summed E-state index contributed by atoms with van der Waals surface area (Å²) in [7, 11) is 0. The van der Waals surface area contributed by atoms with Gasteiger partial charge in [-0.3, -0.25) is 4.79 Å². The second-order valence-corrected chi connectivity index (χ2v) is 3.90. The number of carboxylic acids is 1. The molecule has 1 aromatic heterocycles. The fraction of sp³-hybridized carbons (Fsp3) is 0.273. The summed E-state index contributed by atoms with van der Waals surface area (Å²) in [6.07, 6.45) is -5.37. The first-order chi connectivity index (χ1) is 8.85. The summed E-state index contributed by atoms with van der Waals surface area (Å²) in [5.41, 5.74) is 0.348. The van der Waals surface area contributed by atoms with Crippen LogP contribution < -0.4 is 5.32 Å². The number of carboxylic acid groups (broad SMARTS) is 1. The zero-order valence-corrected chi connectivity index (χ0v) is 9.49. The van der Waals surface area contributed by atoms with Gasteiger partial charge in [-0.1, -0.05) is 11.2 Å². The van der Waals surface area contributed by atoms with E-state index >= 15 is 0 Å². The molecule has 0 radical (unpaired) electrons. The van der Waals surface area contributed by atoms with Crippen molar-refractivity contribution < 1.29 is 27.6 Å². The molecular formula is C11H9F3N2O3. The number of anilines is 1. The van der Waals surface area contributed by atoms with Crippen molar-refractivity contribution in [2.45, 2.75) is 12.6 Å². The van der Waals surface area contributed by atoms with Gasteiger partial charge in [0.05, 0.1) is 11.8 Å². The summed E-state index contributed by atoms with van der Waals surface area (Å²) >= 11 is 0. The predicted molar refractivity (Wildman–Crippen MR) is 59.9 cm³/mol. The minimum Gasteiger partial charge on any atom is -0.480 e. The van der Waals surface area contributed by atoms with E-state index in [9.17, 15) is 18.0 Å². The van der Waals surface area contributed by atoms with Crippen molar-refractivity contribution in [2.75, 3.05) is 11.9 Å². The number of carbonyl (C=O) groups is 1. The van der Waals surface area contributed by atoms with Gasteiger partial charge in [-0.25, -0.2) is 0 Å². The number of halogens is 3. The zero-order valence-electron chi connectivity index (χ0n) is 9.49. The quantitative estimate of drug-likeness (QED) is 0.895. The molecule has 0 aliphatic carbocycles. The average Bonchev–Trinajstić information content (AvgIpc) is 2.66. The number of fused-ring (bicyclic) bond motifs is 1. The Labute approximate surface area is 105 Å². The monoisotopic (exact) mass is 274 g/mol. The fourth-order valence-corrected chi connectivity index (χ4v) is 1.61. The Bertz CT molecular complexity index is 607. The molecule has 0 unspecified atom stereocenters. The molecule has 2 rings (SSSR count). The maximum absolute atomic E-state index is 12.3. The highest BCUT2D eigenvalue weighted by atomic mass is 19.4. The van der Waals surface area contributed by atoms with Crippen molar-refractivity contribution in [2.24, 2.45) is 0 Å². The highest BCUT2D eigenvalue weighted by Crippen LogP contribution is 2.27. The molecule has 0 aliphatic rings. The Morgan fingerprint density at radius 1 is 1.42 bits per heavy atom. The van der Waals surface area contributed by atoms with Crippen LogP contribution in [0.5, 0.6) is 0 Å². The summed E-state index contributed by atoms with van der Waals surface area (Å²) in [5, 5.41) is 14.9. The molecule has 1 heterocycles. The molecule has 0 spiro atoms. The Hall–Kier alpha value is -2.25. The highest BCUT2D eigenvalue weighted by molar-refractivity contribution is 5.89. The zero-order chi connectivity index (χ0) is 14.0. The molecule has 5 nitrogen and oxygen atoms in total. The molecule has 19 heavy (non-hydrogen) atoms. The van der Waals surface area contributed by atoms with E-state index in [1.165, 1.54) is 18.2 Å². The van der Waals surface area contributed by atoms with E-state index in [1.807, 2.05) is 0 Å². The van der Waals surface area contributed by atoms with E-state index in [1.54, 1.807) is 0 Å². The molecule has 0 amide bonds. The number of aromatic nitrogens is 1. The lowest BCUT2D eigenvalue weighted by Gasteiger charge is -2.06. The van der Waals surface area contributed by atoms with E-state index in [2.05, 4.69) is 10.5 Å². The number of hydrogen-bond acceptors (Lipinski definition) is 4. The lowest BCUT2D eigenvalue weighted by atomic mass is 10.1. The molecule has 102 valence electrons. The van der Waals surface area contributed by atoms with Crippen molar-refractivity contribution in [1.29, 1.82) is 0 Å². The van der Waals surface area contributed by atoms with Gasteiger partial charge in [0.25, 0.3) is 0 Å². The van der Waals surface area contributed by atoms with Gasteiger partial charge < -0.3 is 14.9 Å². The number of rotatable bonds is 4. The molecule has 0 atom stereocenters. The molecule has 1 aromatic carbocycles. The first-order valence-corrected chi connectivity index (χ1v) is 5.26. The van der Waals surface area contributed by atoms with E-state index in [4.69, 9.17) is 9.63 Å². The van der Waals surface area contributed by atoms with Crippen LogP contribution in [0.4, 0.5) is 19.0 Å². The van der Waals surface area contributed by atoms with E-state index in [-0.39, 0.29) is 11.4 Å². The average molecular weight is 274 g/mol. The first kappa shape index (κ1) is 13.2. The molecule has 0 bridgehead atoms. The summed E-state index contributed by atoms with van der Waals surface area (Å²) < 4.78 is 41.7. The fourth-order valence-electron chi connectivity index (χ4n) is 1.61. The maximum atomic E-state index is 12.3. The van der Waals surface area contributed by atoms with Crippen LogP contribution in [0.15, 0.2) is 22.7 Å². The maximum Gasteiger partial charge on any atom is 0.393 e. The van der Waals surface area contributed by atoms with Crippen LogP contribution in [-0.2, 0) is 11.2 Å². The van der Waals surface area contributed by atoms with Crippen molar-refractivity contribution in [3.05, 3.63) is 23.8 Å². The lowest BCUT2D eigenvalue weighted by Crippen LogP contribution is -2.13. The first-order valence-electron chi connectivity index (χ1n) is 5.26. The summed E-state index contributed by atoms with van der Waals surface area (Å²) in [6.45, 7) is -0.398. The summed E-state index contributed by atoms with van der Waals surface area (Å²) in [5.74, 6) is -0.996. The Kier molecular flexibility index (Phi) is 3.32. The van der Waals surface area contributed by atoms with Gasteiger partial charge in [-0.15, -0.1) is 0 Å². The second-order valence-electron chi connectivity index (χ2n) is 3.90. The van der Waals surface area contributed by atoms with Gasteiger partial charge in [-0.2, -0.15) is 13.2 Å². The van der Waals surface area contributed by atoms with Gasteiger partial charge in [0.2, 0.25) is 0 Å². The molecule has 0 fully saturated rings. The highest BCUT2D eigenvalue weighted by Gasteiger charge is 2.28. The molecular weight excluding hydrogens is 265 g/mol. The third-order valence-corrected chi connectivity index (χ3v) is 2.35. The number of nitrogens with zero attached hydrogens (tertiary/aromatic N) is 1. The second kappa shape index (κ2) is 4.79. The van der Waals surface area contributed by atoms with Crippen LogP contribution in [0.3, 0.4) is 0 Å². The summed E-state index contributed by atoms with van der Waals surface area (Å²) in [4.78, 5) is 10.4. The van der Waals surface area contributed by atoms with Gasteiger partial charge in [0, 0.05) is 0 Å². The van der Waals surface area contributed by atoms with E-state index < -0.39 is 25.1 Å². The van der Waals surface area contributed by atoms with E-state index in [0.717, 1.165) is 0 Å². The number of nitrogens with one attached hydrogen (secondary N) is 1. The van der Waals surface area contributed by atoms with Crippen LogP contribution >= 0.6 is 0 Å². The van der Waals surface area contributed by atoms with E-state index in [0.29, 0.717) is 11.0 Å². The Balaban J connectivity index is 2.29. The molecule has 0 aliphatic heterocycles. The SMILES string of the molecule is O=C(O)CNc1noc2ccc(CC(F)(F)F)cc12. The Morgan fingerprint density at radius 2 is 2.16 bits per heavy atom. The minimum atomic E-state index is -4.31. The smallest absolute Gasteiger partial charge is 0.393 e. The normalized spacial score (nSPS) is 11.7. The van der Waals surface area contributed by atoms with Crippen LogP contribution in [0.1, 0.15) is 5.56 Å². The molecule has 0 saturated heterocycles. The Morgan fingerprint density at radius 3 is 2.79 bits per heavy atom.